The van der Waals surface area contributed by atoms with Crippen molar-refractivity contribution in [2.45, 2.75) is 39.0 Å². The average Bonchev–Trinajstić information content (AvgIpc) is 2.83. The van der Waals surface area contributed by atoms with Crippen LogP contribution < -0.4 is 5.73 Å². The van der Waals surface area contributed by atoms with Crippen LogP contribution >= 0.6 is 11.3 Å². The number of aromatic nitrogens is 2. The van der Waals surface area contributed by atoms with Gasteiger partial charge >= 0.3 is 0 Å². The molecule has 5 nitrogen and oxygen atoms in total. The van der Waals surface area contributed by atoms with Gasteiger partial charge in [0, 0.05) is 22.8 Å². The summed E-state index contributed by atoms with van der Waals surface area (Å²) in [5.74, 6) is 1.27. The lowest BCUT2D eigenvalue weighted by Crippen LogP contribution is -2.33. The lowest BCUT2D eigenvalue weighted by molar-refractivity contribution is -0.130. The van der Waals surface area contributed by atoms with Gasteiger partial charge in [-0.15, -0.1) is 11.3 Å². The van der Waals surface area contributed by atoms with Gasteiger partial charge in [-0.05, 0) is 50.7 Å². The van der Waals surface area contributed by atoms with Crippen LogP contribution in [0.3, 0.4) is 0 Å². The second kappa shape index (κ2) is 7.75. The first kappa shape index (κ1) is 16.9. The number of anilines is 1. The molecular weight excluding hydrogens is 320 g/mol. The van der Waals surface area contributed by atoms with Gasteiger partial charge < -0.3 is 10.6 Å². The summed E-state index contributed by atoms with van der Waals surface area (Å²) in [5.41, 5.74) is 6.57. The number of hydrogen-bond donors (Lipinski definition) is 1. The third-order valence-corrected chi connectivity index (χ3v) is 5.55. The Labute approximate surface area is 146 Å². The standard InChI is InChI=1S/C18H24N4OS/c1-13-4-5-16(24-13)10-18(23)22-7-2-3-14(6-8-22)9-15-11-21-17(19)12-20-15/h4-5,11-12,14H,2-3,6-10H2,1H3,(H2,19,21)/t14-/m0/s1. The highest BCUT2D eigenvalue weighted by Crippen LogP contribution is 2.22. The Balaban J connectivity index is 1.52. The molecule has 6 heteroatoms. The van der Waals surface area contributed by atoms with Crippen LogP contribution in [0.1, 0.15) is 34.7 Å². The summed E-state index contributed by atoms with van der Waals surface area (Å²) >= 11 is 1.72. The predicted octanol–water partition coefficient (Wildman–Crippen LogP) is 2.84. The molecule has 1 amide bonds. The van der Waals surface area contributed by atoms with E-state index in [1.807, 2.05) is 4.90 Å². The number of nitrogens with zero attached hydrogens (tertiary/aromatic N) is 3. The second-order valence-electron chi connectivity index (χ2n) is 6.50. The molecule has 1 aliphatic heterocycles. The first-order chi connectivity index (χ1) is 11.6. The number of rotatable bonds is 4. The van der Waals surface area contributed by atoms with Crippen LogP contribution in [0.5, 0.6) is 0 Å². The van der Waals surface area contributed by atoms with E-state index < -0.39 is 0 Å². The molecule has 1 fully saturated rings. The molecule has 3 heterocycles. The summed E-state index contributed by atoms with van der Waals surface area (Å²) in [7, 11) is 0. The number of nitrogens with two attached hydrogens (primary N) is 1. The van der Waals surface area contributed by atoms with Gasteiger partial charge in [0.25, 0.3) is 0 Å². The smallest absolute Gasteiger partial charge is 0.227 e. The topological polar surface area (TPSA) is 72.1 Å². The molecule has 0 saturated carbocycles. The number of amides is 1. The van der Waals surface area contributed by atoms with Crippen molar-refractivity contribution in [1.82, 2.24) is 14.9 Å². The molecule has 1 saturated heterocycles. The number of carbonyl (C=O) groups excluding carboxylic acids is 1. The Kier molecular flexibility index (Phi) is 5.45. The molecule has 0 bridgehead atoms. The summed E-state index contributed by atoms with van der Waals surface area (Å²) in [6.45, 7) is 3.79. The zero-order chi connectivity index (χ0) is 16.9. The largest absolute Gasteiger partial charge is 0.382 e. The number of nitrogen functional groups attached to an aromatic ring is 1. The van der Waals surface area contributed by atoms with Crippen LogP contribution in [0.25, 0.3) is 0 Å². The molecule has 2 aromatic rings. The van der Waals surface area contributed by atoms with E-state index in [9.17, 15) is 4.79 Å². The molecule has 0 aliphatic carbocycles. The highest BCUT2D eigenvalue weighted by molar-refractivity contribution is 7.12. The number of hydrogen-bond acceptors (Lipinski definition) is 5. The maximum atomic E-state index is 12.5. The molecule has 3 rings (SSSR count). The molecule has 2 aromatic heterocycles. The van der Waals surface area contributed by atoms with Crippen molar-refractivity contribution >= 4 is 23.1 Å². The molecule has 0 spiro atoms. The molecule has 2 N–H and O–H groups in total. The van der Waals surface area contributed by atoms with E-state index in [1.165, 1.54) is 4.88 Å². The fraction of sp³-hybridized carbons (Fsp3) is 0.500. The van der Waals surface area contributed by atoms with Crippen LogP contribution in [0.15, 0.2) is 24.5 Å². The fourth-order valence-corrected chi connectivity index (χ4v) is 4.11. The molecule has 1 atom stereocenters. The van der Waals surface area contributed by atoms with Crippen molar-refractivity contribution in [1.29, 1.82) is 0 Å². The van der Waals surface area contributed by atoms with Crippen LogP contribution in [-0.4, -0.2) is 33.9 Å². The van der Waals surface area contributed by atoms with Gasteiger partial charge in [0.15, 0.2) is 0 Å². The first-order valence-corrected chi connectivity index (χ1v) is 9.31. The van der Waals surface area contributed by atoms with Gasteiger partial charge in [-0.2, -0.15) is 0 Å². The third kappa shape index (κ3) is 4.54. The highest BCUT2D eigenvalue weighted by Gasteiger charge is 2.21. The maximum Gasteiger partial charge on any atom is 0.227 e. The molecular formula is C18H24N4OS. The van der Waals surface area contributed by atoms with E-state index in [0.29, 0.717) is 18.2 Å². The van der Waals surface area contributed by atoms with E-state index >= 15 is 0 Å². The van der Waals surface area contributed by atoms with E-state index in [1.54, 1.807) is 23.7 Å². The van der Waals surface area contributed by atoms with Crippen LogP contribution in [-0.2, 0) is 17.6 Å². The predicted molar refractivity (Wildman–Crippen MR) is 96.8 cm³/mol. The molecule has 1 aliphatic rings. The third-order valence-electron chi connectivity index (χ3n) is 4.54. The first-order valence-electron chi connectivity index (χ1n) is 8.49. The quantitative estimate of drug-likeness (QED) is 0.926. The highest BCUT2D eigenvalue weighted by atomic mass is 32.1. The zero-order valence-electron chi connectivity index (χ0n) is 14.1. The van der Waals surface area contributed by atoms with Crippen molar-refractivity contribution in [2.24, 2.45) is 5.92 Å². The lowest BCUT2D eigenvalue weighted by atomic mass is 9.95. The second-order valence-corrected chi connectivity index (χ2v) is 7.88. The van der Waals surface area contributed by atoms with Crippen molar-refractivity contribution in [2.75, 3.05) is 18.8 Å². The van der Waals surface area contributed by atoms with Gasteiger partial charge in [-0.1, -0.05) is 0 Å². The molecule has 0 unspecified atom stereocenters. The minimum atomic E-state index is 0.254. The maximum absolute atomic E-state index is 12.5. The molecule has 0 radical (unpaired) electrons. The average molecular weight is 344 g/mol. The molecule has 0 aromatic carbocycles. The van der Waals surface area contributed by atoms with Crippen molar-refractivity contribution in [3.05, 3.63) is 40.0 Å². The summed E-state index contributed by atoms with van der Waals surface area (Å²) in [5, 5.41) is 0. The summed E-state index contributed by atoms with van der Waals surface area (Å²) in [6, 6.07) is 4.15. The minimum absolute atomic E-state index is 0.254. The van der Waals surface area contributed by atoms with Crippen LogP contribution in [0.2, 0.25) is 0 Å². The normalized spacial score (nSPS) is 18.4. The van der Waals surface area contributed by atoms with Gasteiger partial charge in [-0.25, -0.2) is 4.98 Å². The zero-order valence-corrected chi connectivity index (χ0v) is 14.9. The Morgan fingerprint density at radius 3 is 2.88 bits per heavy atom. The molecule has 128 valence electrons. The Bertz CT molecular complexity index is 683. The number of thiophene rings is 1. The summed E-state index contributed by atoms with van der Waals surface area (Å²) in [4.78, 5) is 25.4. The van der Waals surface area contributed by atoms with Crippen LogP contribution in [0, 0.1) is 12.8 Å². The van der Waals surface area contributed by atoms with Crippen LogP contribution in [0.4, 0.5) is 5.82 Å². The number of likely N-dealkylation sites (tertiary alicyclic amines) is 1. The van der Waals surface area contributed by atoms with Gasteiger partial charge in [-0.3, -0.25) is 9.78 Å². The summed E-state index contributed by atoms with van der Waals surface area (Å²) in [6.07, 6.45) is 8.05. The Hall–Kier alpha value is -1.95. The van der Waals surface area contributed by atoms with E-state index in [0.717, 1.165) is 49.3 Å². The number of carbonyl (C=O) groups is 1. The summed E-state index contributed by atoms with van der Waals surface area (Å²) < 4.78 is 0. The molecule has 24 heavy (non-hydrogen) atoms. The van der Waals surface area contributed by atoms with E-state index in [2.05, 4.69) is 29.0 Å². The number of aryl methyl sites for hydroxylation is 1. The van der Waals surface area contributed by atoms with Gasteiger partial charge in [0.1, 0.15) is 5.82 Å². The van der Waals surface area contributed by atoms with Crippen molar-refractivity contribution in [3.63, 3.8) is 0 Å². The van der Waals surface area contributed by atoms with Gasteiger partial charge in [0.2, 0.25) is 5.91 Å². The van der Waals surface area contributed by atoms with Gasteiger partial charge in [0.05, 0.1) is 24.5 Å². The van der Waals surface area contributed by atoms with E-state index in [-0.39, 0.29) is 5.91 Å². The van der Waals surface area contributed by atoms with Crippen molar-refractivity contribution < 1.29 is 4.79 Å². The van der Waals surface area contributed by atoms with Crippen molar-refractivity contribution in [3.8, 4) is 0 Å². The van der Waals surface area contributed by atoms with E-state index in [4.69, 9.17) is 5.73 Å². The SMILES string of the molecule is Cc1ccc(CC(=O)N2CCC[C@H](Cc3cnc(N)cn3)CC2)s1. The fourth-order valence-electron chi connectivity index (χ4n) is 3.23. The minimum Gasteiger partial charge on any atom is -0.382 e. The Morgan fingerprint density at radius 2 is 2.17 bits per heavy atom. The Morgan fingerprint density at radius 1 is 1.29 bits per heavy atom. The monoisotopic (exact) mass is 344 g/mol. The lowest BCUT2D eigenvalue weighted by Gasteiger charge is -2.20.